The van der Waals surface area contributed by atoms with Gasteiger partial charge in [-0.05, 0) is 73.1 Å². The van der Waals surface area contributed by atoms with Crippen molar-refractivity contribution in [2.75, 3.05) is 20.2 Å². The fourth-order valence-electron chi connectivity index (χ4n) is 5.97. The molecule has 2 aliphatic carbocycles. The van der Waals surface area contributed by atoms with Crippen LogP contribution in [0.25, 0.3) is 10.8 Å². The Morgan fingerprint density at radius 1 is 1.00 bits per heavy atom. The van der Waals surface area contributed by atoms with Crippen LogP contribution in [0.1, 0.15) is 42.5 Å². The Balaban J connectivity index is 1.21. The summed E-state index contributed by atoms with van der Waals surface area (Å²) in [5, 5.41) is 2.10. The summed E-state index contributed by atoms with van der Waals surface area (Å²) in [5.74, 6) is 1.95. The van der Waals surface area contributed by atoms with Gasteiger partial charge in [-0.1, -0.05) is 12.1 Å². The zero-order valence-corrected chi connectivity index (χ0v) is 16.8. The lowest BCUT2D eigenvalue weighted by Crippen LogP contribution is -2.59. The Labute approximate surface area is 170 Å². The van der Waals surface area contributed by atoms with E-state index >= 15 is 0 Å². The molecule has 4 fully saturated rings. The summed E-state index contributed by atoms with van der Waals surface area (Å²) in [7, 11) is 1.66. The zero-order valence-electron chi connectivity index (χ0n) is 16.8. The summed E-state index contributed by atoms with van der Waals surface area (Å²) in [4.78, 5) is 30.5. The van der Waals surface area contributed by atoms with Crippen molar-refractivity contribution in [1.82, 2.24) is 9.80 Å². The number of carbonyl (C=O) groups is 2. The van der Waals surface area contributed by atoms with Crippen molar-refractivity contribution in [3.05, 3.63) is 42.0 Å². The fraction of sp³-hybridized carbons (Fsp3) is 0.500. The predicted molar refractivity (Wildman–Crippen MR) is 110 cm³/mol. The van der Waals surface area contributed by atoms with E-state index < -0.39 is 0 Å². The molecule has 2 unspecified atom stereocenters. The number of piperazine rings is 1. The van der Waals surface area contributed by atoms with Gasteiger partial charge in [0.15, 0.2) is 0 Å². The Hall–Kier alpha value is -2.56. The van der Waals surface area contributed by atoms with Gasteiger partial charge in [0.1, 0.15) is 5.75 Å². The van der Waals surface area contributed by atoms with E-state index in [4.69, 9.17) is 4.74 Å². The fourth-order valence-corrected chi connectivity index (χ4v) is 5.97. The average molecular weight is 390 g/mol. The van der Waals surface area contributed by atoms with Crippen molar-refractivity contribution < 1.29 is 14.3 Å². The first-order chi connectivity index (χ1) is 14.1. The standard InChI is InChI=1S/C24H26N2O3/c1-29-21-7-4-15-10-17(3-2-16(15)11-21)22(27)25-13-19-5-6-20(14-25)26(19)23(28)24-9-8-18(24)12-24/h2-4,7,10-11,18-20H,5-6,8-9,12-14H2,1H3/t18?,19-,20+,24?. The molecule has 0 N–H and O–H groups in total. The minimum atomic E-state index is 0.00637. The number of carbonyl (C=O) groups excluding carboxylic acids is 2. The molecule has 2 heterocycles. The van der Waals surface area contributed by atoms with Crippen molar-refractivity contribution in [3.8, 4) is 5.75 Å². The molecule has 2 aromatic rings. The van der Waals surface area contributed by atoms with Gasteiger partial charge in [0.25, 0.3) is 5.91 Å². The van der Waals surface area contributed by atoms with Crippen molar-refractivity contribution in [3.63, 3.8) is 0 Å². The Bertz CT molecular complexity index is 1020. The molecule has 2 saturated carbocycles. The zero-order chi connectivity index (χ0) is 19.8. The Morgan fingerprint density at radius 3 is 2.34 bits per heavy atom. The van der Waals surface area contributed by atoms with Crippen LogP contribution in [-0.2, 0) is 4.79 Å². The van der Waals surface area contributed by atoms with E-state index in [1.54, 1.807) is 7.11 Å². The molecule has 0 radical (unpaired) electrons. The third kappa shape index (κ3) is 2.46. The SMILES string of the molecule is COc1ccc2cc(C(=O)N3C[C@H]4CC[C@@H](C3)N4C(=O)C34CCC3C4)ccc2c1. The molecule has 0 spiro atoms. The highest BCUT2D eigenvalue weighted by molar-refractivity contribution is 5.99. The third-order valence-corrected chi connectivity index (χ3v) is 7.90. The highest BCUT2D eigenvalue weighted by Gasteiger charge is 2.68. The molecule has 2 aliphatic heterocycles. The summed E-state index contributed by atoms with van der Waals surface area (Å²) < 4.78 is 5.29. The second-order valence-electron chi connectivity index (χ2n) is 9.33. The largest absolute Gasteiger partial charge is 0.497 e. The number of nitrogens with zero attached hydrogens (tertiary/aromatic N) is 2. The van der Waals surface area contributed by atoms with Crippen LogP contribution in [0.5, 0.6) is 5.75 Å². The van der Waals surface area contributed by atoms with Crippen LogP contribution in [0, 0.1) is 11.3 Å². The van der Waals surface area contributed by atoms with Crippen LogP contribution in [-0.4, -0.2) is 53.9 Å². The number of methoxy groups -OCH3 is 1. The average Bonchev–Trinajstić information content (AvgIpc) is 3.18. The number of amides is 2. The molecule has 6 rings (SSSR count). The number of fused-ring (bicyclic) bond motifs is 4. The number of hydrogen-bond acceptors (Lipinski definition) is 3. The molecule has 5 nitrogen and oxygen atoms in total. The topological polar surface area (TPSA) is 49.9 Å². The molecule has 29 heavy (non-hydrogen) atoms. The number of hydrogen-bond donors (Lipinski definition) is 0. The van der Waals surface area contributed by atoms with Crippen LogP contribution in [0.2, 0.25) is 0 Å². The maximum atomic E-state index is 13.2. The van der Waals surface area contributed by atoms with Gasteiger partial charge in [-0.25, -0.2) is 0 Å². The molecule has 5 heteroatoms. The third-order valence-electron chi connectivity index (χ3n) is 7.90. The van der Waals surface area contributed by atoms with E-state index in [0.717, 1.165) is 47.8 Å². The summed E-state index contributed by atoms with van der Waals surface area (Å²) in [6.07, 6.45) is 5.47. The molecular formula is C24H26N2O3. The smallest absolute Gasteiger partial charge is 0.254 e. The predicted octanol–water partition coefficient (Wildman–Crippen LogP) is 3.46. The van der Waals surface area contributed by atoms with Gasteiger partial charge in [-0.15, -0.1) is 0 Å². The van der Waals surface area contributed by atoms with Crippen molar-refractivity contribution in [1.29, 1.82) is 0 Å². The van der Waals surface area contributed by atoms with Gasteiger partial charge in [0.05, 0.1) is 12.5 Å². The second kappa shape index (κ2) is 5.97. The highest BCUT2D eigenvalue weighted by Crippen LogP contribution is 2.68. The van der Waals surface area contributed by atoms with Crippen LogP contribution in [0.15, 0.2) is 36.4 Å². The molecule has 0 aromatic heterocycles. The van der Waals surface area contributed by atoms with Crippen molar-refractivity contribution in [2.24, 2.45) is 11.3 Å². The van der Waals surface area contributed by atoms with Crippen LogP contribution in [0.3, 0.4) is 0 Å². The first-order valence-electron chi connectivity index (χ1n) is 10.8. The molecule has 2 aromatic carbocycles. The van der Waals surface area contributed by atoms with Crippen LogP contribution >= 0.6 is 0 Å². The first kappa shape index (κ1) is 17.3. The minimum Gasteiger partial charge on any atom is -0.497 e. The molecule has 2 saturated heterocycles. The van der Waals surface area contributed by atoms with Gasteiger partial charge in [-0.2, -0.15) is 0 Å². The monoisotopic (exact) mass is 390 g/mol. The summed E-state index contributed by atoms with van der Waals surface area (Å²) in [6, 6.07) is 12.2. The van der Waals surface area contributed by atoms with Gasteiger partial charge in [0, 0.05) is 30.7 Å². The van der Waals surface area contributed by atoms with Gasteiger partial charge >= 0.3 is 0 Å². The van der Waals surface area contributed by atoms with Gasteiger partial charge < -0.3 is 14.5 Å². The highest BCUT2D eigenvalue weighted by atomic mass is 16.5. The lowest BCUT2D eigenvalue weighted by Gasteiger charge is -2.44. The molecule has 150 valence electrons. The quantitative estimate of drug-likeness (QED) is 0.806. The Kier molecular flexibility index (Phi) is 3.57. The van der Waals surface area contributed by atoms with Crippen LogP contribution < -0.4 is 4.74 Å². The number of ether oxygens (including phenoxy) is 1. The van der Waals surface area contributed by atoms with Gasteiger partial charge in [-0.3, -0.25) is 9.59 Å². The summed E-state index contributed by atoms with van der Waals surface area (Å²) >= 11 is 0. The lowest BCUT2D eigenvalue weighted by molar-refractivity contribution is -0.145. The maximum absolute atomic E-state index is 13.2. The Morgan fingerprint density at radius 2 is 1.72 bits per heavy atom. The van der Waals surface area contributed by atoms with E-state index in [9.17, 15) is 9.59 Å². The minimum absolute atomic E-state index is 0.00637. The molecule has 4 atom stereocenters. The number of rotatable bonds is 3. The van der Waals surface area contributed by atoms with E-state index in [1.807, 2.05) is 41.3 Å². The van der Waals surface area contributed by atoms with E-state index in [1.165, 1.54) is 6.42 Å². The normalized spacial score (nSPS) is 32.0. The number of likely N-dealkylation sites (tertiary alicyclic amines) is 1. The van der Waals surface area contributed by atoms with Crippen molar-refractivity contribution >= 4 is 22.6 Å². The van der Waals surface area contributed by atoms with E-state index in [-0.39, 0.29) is 23.4 Å². The molecular weight excluding hydrogens is 364 g/mol. The van der Waals surface area contributed by atoms with E-state index in [2.05, 4.69) is 4.90 Å². The van der Waals surface area contributed by atoms with Crippen molar-refractivity contribution in [2.45, 2.75) is 44.2 Å². The van der Waals surface area contributed by atoms with E-state index in [0.29, 0.717) is 24.9 Å². The second-order valence-corrected chi connectivity index (χ2v) is 9.33. The lowest BCUT2D eigenvalue weighted by atomic mass is 9.83. The molecule has 2 amide bonds. The number of benzene rings is 2. The summed E-state index contributed by atoms with van der Waals surface area (Å²) in [6.45, 7) is 1.34. The maximum Gasteiger partial charge on any atom is 0.254 e. The summed E-state index contributed by atoms with van der Waals surface area (Å²) in [5.41, 5.74) is 0.730. The van der Waals surface area contributed by atoms with Crippen LogP contribution in [0.4, 0.5) is 0 Å². The van der Waals surface area contributed by atoms with Gasteiger partial charge in [0.2, 0.25) is 5.91 Å². The first-order valence-corrected chi connectivity index (χ1v) is 10.8. The molecule has 2 bridgehead atoms. The molecule has 4 aliphatic rings.